The van der Waals surface area contributed by atoms with E-state index in [1.165, 1.54) is 5.32 Å². The lowest BCUT2D eigenvalue weighted by molar-refractivity contribution is -0.157. The predicted octanol–water partition coefficient (Wildman–Crippen LogP) is -0.0171. The zero-order valence-corrected chi connectivity index (χ0v) is 7.74. The van der Waals surface area contributed by atoms with E-state index in [4.69, 9.17) is 10.2 Å². The summed E-state index contributed by atoms with van der Waals surface area (Å²) in [5, 5.41) is 18.1. The van der Waals surface area contributed by atoms with Crippen LogP contribution in [0.15, 0.2) is 0 Å². The van der Waals surface area contributed by atoms with Gasteiger partial charge in [-0.1, -0.05) is 0 Å². The fraction of sp³-hybridized carbons (Fsp3) is 0.571. The van der Waals surface area contributed by atoms with Crippen molar-refractivity contribution in [3.8, 4) is 0 Å². The SMILES string of the molecule is O=C(O)C[C@H](NC(=O)CC(F)(F)F)C(=O)O. The van der Waals surface area contributed by atoms with Gasteiger partial charge in [-0.25, -0.2) is 4.79 Å². The molecule has 0 aromatic rings. The highest BCUT2D eigenvalue weighted by Crippen LogP contribution is 2.19. The number of carbonyl (C=O) groups excluding carboxylic acids is 1. The second-order valence-electron chi connectivity index (χ2n) is 2.85. The fourth-order valence-corrected chi connectivity index (χ4v) is 0.802. The zero-order valence-electron chi connectivity index (χ0n) is 7.74. The van der Waals surface area contributed by atoms with Crippen molar-refractivity contribution in [3.63, 3.8) is 0 Å². The molecule has 0 rings (SSSR count). The van der Waals surface area contributed by atoms with E-state index in [2.05, 4.69) is 0 Å². The Balaban J connectivity index is 4.35. The first kappa shape index (κ1) is 14.2. The molecule has 0 heterocycles. The van der Waals surface area contributed by atoms with Crippen molar-refractivity contribution in [1.29, 1.82) is 0 Å². The molecule has 0 aliphatic rings. The number of amides is 1. The fourth-order valence-electron chi connectivity index (χ4n) is 0.802. The summed E-state index contributed by atoms with van der Waals surface area (Å²) in [6, 6.07) is -1.87. The number of hydrogen-bond donors (Lipinski definition) is 3. The predicted molar refractivity (Wildman–Crippen MR) is 42.5 cm³/mol. The van der Waals surface area contributed by atoms with Gasteiger partial charge in [-0.05, 0) is 0 Å². The molecule has 16 heavy (non-hydrogen) atoms. The van der Waals surface area contributed by atoms with Gasteiger partial charge in [0.15, 0.2) is 0 Å². The topological polar surface area (TPSA) is 104 Å². The minimum Gasteiger partial charge on any atom is -0.481 e. The van der Waals surface area contributed by atoms with E-state index in [1.807, 2.05) is 0 Å². The van der Waals surface area contributed by atoms with Crippen molar-refractivity contribution in [3.05, 3.63) is 0 Å². The Morgan fingerprint density at radius 2 is 1.69 bits per heavy atom. The zero-order chi connectivity index (χ0) is 12.9. The van der Waals surface area contributed by atoms with Gasteiger partial charge in [0, 0.05) is 0 Å². The van der Waals surface area contributed by atoms with E-state index >= 15 is 0 Å². The lowest BCUT2D eigenvalue weighted by Crippen LogP contribution is -2.43. The summed E-state index contributed by atoms with van der Waals surface area (Å²) in [5.41, 5.74) is 0. The van der Waals surface area contributed by atoms with Gasteiger partial charge < -0.3 is 15.5 Å². The smallest absolute Gasteiger partial charge is 0.397 e. The third-order valence-electron chi connectivity index (χ3n) is 1.37. The first-order chi connectivity index (χ1) is 7.11. The molecule has 0 aromatic heterocycles. The third-order valence-corrected chi connectivity index (χ3v) is 1.37. The number of rotatable bonds is 5. The molecule has 0 fully saturated rings. The van der Waals surface area contributed by atoms with E-state index in [1.54, 1.807) is 0 Å². The molecular formula is C7H8F3NO5. The molecule has 0 radical (unpaired) electrons. The van der Waals surface area contributed by atoms with Crippen molar-refractivity contribution < 1.29 is 37.8 Å². The first-order valence-electron chi connectivity index (χ1n) is 3.92. The quantitative estimate of drug-likeness (QED) is 0.629. The molecule has 0 saturated carbocycles. The summed E-state index contributed by atoms with van der Waals surface area (Å²) in [4.78, 5) is 31.2. The van der Waals surface area contributed by atoms with Gasteiger partial charge in [0.2, 0.25) is 5.91 Å². The molecule has 0 saturated heterocycles. The van der Waals surface area contributed by atoms with E-state index in [0.717, 1.165) is 0 Å². The van der Waals surface area contributed by atoms with E-state index in [9.17, 15) is 27.6 Å². The number of halogens is 3. The van der Waals surface area contributed by atoms with Crippen LogP contribution in [0.25, 0.3) is 0 Å². The molecule has 0 aliphatic heterocycles. The third kappa shape index (κ3) is 6.62. The highest BCUT2D eigenvalue weighted by atomic mass is 19.4. The Morgan fingerprint density at radius 1 is 1.19 bits per heavy atom. The van der Waals surface area contributed by atoms with E-state index < -0.39 is 42.9 Å². The Bertz CT molecular complexity index is 301. The lowest BCUT2D eigenvalue weighted by atomic mass is 10.2. The molecule has 0 aromatic carbocycles. The molecule has 0 spiro atoms. The minimum atomic E-state index is -4.77. The highest BCUT2D eigenvalue weighted by molar-refractivity contribution is 5.86. The minimum absolute atomic E-state index is 0.987. The van der Waals surface area contributed by atoms with Crippen LogP contribution in [0, 0.1) is 0 Å². The number of carboxylic acid groups (broad SMARTS) is 2. The number of aliphatic carboxylic acids is 2. The second-order valence-corrected chi connectivity index (χ2v) is 2.85. The Morgan fingerprint density at radius 3 is 2.00 bits per heavy atom. The molecule has 3 N–H and O–H groups in total. The molecule has 92 valence electrons. The standard InChI is InChI=1S/C7H8F3NO5/c8-7(9,10)2-4(12)11-3(6(15)16)1-5(13)14/h3H,1-2H2,(H,11,12)(H,13,14)(H,15,16)/t3-/m0/s1. The molecular weight excluding hydrogens is 235 g/mol. The summed E-state index contributed by atoms with van der Waals surface area (Å²) >= 11 is 0. The highest BCUT2D eigenvalue weighted by Gasteiger charge is 2.33. The van der Waals surface area contributed by atoms with Gasteiger partial charge >= 0.3 is 18.1 Å². The number of carboxylic acids is 2. The Hall–Kier alpha value is -1.80. The molecule has 0 unspecified atom stereocenters. The lowest BCUT2D eigenvalue weighted by Gasteiger charge is -2.13. The van der Waals surface area contributed by atoms with Crippen LogP contribution in [0.5, 0.6) is 0 Å². The van der Waals surface area contributed by atoms with Crippen LogP contribution in [0.3, 0.4) is 0 Å². The van der Waals surface area contributed by atoms with Crippen molar-refractivity contribution in [2.24, 2.45) is 0 Å². The first-order valence-corrected chi connectivity index (χ1v) is 3.92. The van der Waals surface area contributed by atoms with Crippen LogP contribution in [0.4, 0.5) is 13.2 Å². The molecule has 9 heteroatoms. The van der Waals surface area contributed by atoms with Crippen LogP contribution in [0.2, 0.25) is 0 Å². The number of nitrogens with one attached hydrogen (secondary N) is 1. The van der Waals surface area contributed by atoms with Gasteiger partial charge in [0.1, 0.15) is 12.5 Å². The summed E-state index contributed by atoms with van der Waals surface area (Å²) in [7, 11) is 0. The Kier molecular flexibility index (Phi) is 4.73. The van der Waals surface area contributed by atoms with Gasteiger partial charge in [0.05, 0.1) is 6.42 Å². The largest absolute Gasteiger partial charge is 0.481 e. The summed E-state index contributed by atoms with van der Waals surface area (Å²) < 4.78 is 35.1. The average molecular weight is 243 g/mol. The Labute approximate surface area is 87.0 Å². The molecule has 0 bridgehead atoms. The van der Waals surface area contributed by atoms with E-state index in [0.29, 0.717) is 0 Å². The number of hydrogen-bond acceptors (Lipinski definition) is 3. The van der Waals surface area contributed by atoms with Crippen molar-refractivity contribution in [2.45, 2.75) is 25.1 Å². The molecule has 6 nitrogen and oxygen atoms in total. The van der Waals surface area contributed by atoms with Crippen LogP contribution < -0.4 is 5.32 Å². The van der Waals surface area contributed by atoms with Gasteiger partial charge in [-0.2, -0.15) is 13.2 Å². The van der Waals surface area contributed by atoms with Crippen molar-refractivity contribution >= 4 is 17.8 Å². The molecule has 0 aliphatic carbocycles. The van der Waals surface area contributed by atoms with Crippen LogP contribution >= 0.6 is 0 Å². The van der Waals surface area contributed by atoms with Gasteiger partial charge in [0.25, 0.3) is 0 Å². The summed E-state index contributed by atoms with van der Waals surface area (Å²) in [5.74, 6) is -4.83. The maximum atomic E-state index is 11.7. The van der Waals surface area contributed by atoms with Gasteiger partial charge in [-0.3, -0.25) is 9.59 Å². The second kappa shape index (κ2) is 5.33. The van der Waals surface area contributed by atoms with Crippen LogP contribution in [-0.2, 0) is 14.4 Å². The van der Waals surface area contributed by atoms with Crippen molar-refractivity contribution in [2.75, 3.05) is 0 Å². The number of carbonyl (C=O) groups is 3. The van der Waals surface area contributed by atoms with E-state index in [-0.39, 0.29) is 0 Å². The summed E-state index contributed by atoms with van der Waals surface area (Å²) in [6.07, 6.45) is -7.61. The van der Waals surface area contributed by atoms with Crippen molar-refractivity contribution in [1.82, 2.24) is 5.32 Å². The van der Waals surface area contributed by atoms with Gasteiger partial charge in [-0.15, -0.1) is 0 Å². The van der Waals surface area contributed by atoms with Crippen LogP contribution in [0.1, 0.15) is 12.8 Å². The number of alkyl halides is 3. The average Bonchev–Trinajstić information content (AvgIpc) is 1.97. The van der Waals surface area contributed by atoms with Crippen LogP contribution in [-0.4, -0.2) is 40.3 Å². The maximum Gasteiger partial charge on any atom is 0.397 e. The normalized spacial score (nSPS) is 12.9. The monoisotopic (exact) mass is 243 g/mol. The summed E-state index contributed by atoms with van der Waals surface area (Å²) in [6.45, 7) is 0. The molecule has 1 atom stereocenters. The maximum absolute atomic E-state index is 11.7. The molecule has 1 amide bonds.